The van der Waals surface area contributed by atoms with E-state index in [1.54, 1.807) is 30.3 Å². The third kappa shape index (κ3) is 2.29. The molecule has 0 aliphatic rings. The largest absolute Gasteiger partial charge is 0.399 e. The SMILES string of the molecule is Nc1cccc(C(=O)c2cc(Br)c(Cl)s2)c1. The van der Waals surface area contributed by atoms with E-state index in [1.807, 2.05) is 0 Å². The van der Waals surface area contributed by atoms with Crippen LogP contribution >= 0.6 is 38.9 Å². The Bertz CT molecular complexity index is 533. The van der Waals surface area contributed by atoms with Crippen molar-refractivity contribution < 1.29 is 4.79 Å². The third-order valence-electron chi connectivity index (χ3n) is 2.02. The Balaban J connectivity index is 2.39. The van der Waals surface area contributed by atoms with Gasteiger partial charge in [0.05, 0.1) is 4.88 Å². The molecule has 0 aliphatic carbocycles. The second-order valence-corrected chi connectivity index (χ2v) is 5.70. The molecular weight excluding hydrogens is 310 g/mol. The van der Waals surface area contributed by atoms with Gasteiger partial charge >= 0.3 is 0 Å². The average molecular weight is 317 g/mol. The van der Waals surface area contributed by atoms with E-state index in [2.05, 4.69) is 15.9 Å². The number of benzene rings is 1. The number of thiophene rings is 1. The number of carbonyl (C=O) groups is 1. The minimum Gasteiger partial charge on any atom is -0.399 e. The Kier molecular flexibility index (Phi) is 3.33. The fourth-order valence-corrected chi connectivity index (χ4v) is 2.94. The first kappa shape index (κ1) is 11.6. The molecule has 0 bridgehead atoms. The van der Waals surface area contributed by atoms with Crippen LogP contribution in [0.5, 0.6) is 0 Å². The number of halogens is 2. The van der Waals surface area contributed by atoms with Crippen LogP contribution in [0, 0.1) is 0 Å². The monoisotopic (exact) mass is 315 g/mol. The number of carbonyl (C=O) groups excluding carboxylic acids is 1. The van der Waals surface area contributed by atoms with Gasteiger partial charge < -0.3 is 5.73 Å². The van der Waals surface area contributed by atoms with E-state index in [-0.39, 0.29) is 5.78 Å². The van der Waals surface area contributed by atoms with E-state index in [0.29, 0.717) is 20.5 Å². The summed E-state index contributed by atoms with van der Waals surface area (Å²) in [5.41, 5.74) is 6.78. The lowest BCUT2D eigenvalue weighted by Crippen LogP contribution is -1.99. The van der Waals surface area contributed by atoms with Crippen molar-refractivity contribution in [2.24, 2.45) is 0 Å². The Morgan fingerprint density at radius 1 is 1.38 bits per heavy atom. The summed E-state index contributed by atoms with van der Waals surface area (Å²) in [6.45, 7) is 0. The van der Waals surface area contributed by atoms with Crippen molar-refractivity contribution >= 4 is 50.3 Å². The smallest absolute Gasteiger partial charge is 0.203 e. The number of anilines is 1. The highest BCUT2D eigenvalue weighted by molar-refractivity contribution is 9.10. The molecule has 1 aromatic heterocycles. The molecule has 0 amide bonds. The van der Waals surface area contributed by atoms with Gasteiger partial charge in [-0.2, -0.15) is 0 Å². The first-order valence-electron chi connectivity index (χ1n) is 4.43. The van der Waals surface area contributed by atoms with Crippen molar-refractivity contribution in [3.05, 3.63) is 49.6 Å². The molecule has 1 aromatic carbocycles. The summed E-state index contributed by atoms with van der Waals surface area (Å²) >= 11 is 10.4. The summed E-state index contributed by atoms with van der Waals surface area (Å²) in [6.07, 6.45) is 0. The quantitative estimate of drug-likeness (QED) is 0.673. The van der Waals surface area contributed by atoms with Crippen LogP contribution in [0.2, 0.25) is 4.34 Å². The molecule has 2 rings (SSSR count). The summed E-state index contributed by atoms with van der Waals surface area (Å²) in [5, 5.41) is 0. The zero-order chi connectivity index (χ0) is 11.7. The number of ketones is 1. The van der Waals surface area contributed by atoms with Crippen LogP contribution in [0.4, 0.5) is 5.69 Å². The maximum Gasteiger partial charge on any atom is 0.203 e. The van der Waals surface area contributed by atoms with Crippen LogP contribution in [0.15, 0.2) is 34.8 Å². The molecule has 0 unspecified atom stereocenters. The van der Waals surface area contributed by atoms with Crippen LogP contribution in [-0.4, -0.2) is 5.78 Å². The Morgan fingerprint density at radius 2 is 2.12 bits per heavy atom. The van der Waals surface area contributed by atoms with Crippen molar-refractivity contribution in [3.63, 3.8) is 0 Å². The van der Waals surface area contributed by atoms with Gasteiger partial charge in [0.2, 0.25) is 5.78 Å². The molecule has 82 valence electrons. The van der Waals surface area contributed by atoms with Gasteiger partial charge in [0.25, 0.3) is 0 Å². The van der Waals surface area contributed by atoms with Gasteiger partial charge in [-0.3, -0.25) is 4.79 Å². The predicted molar refractivity (Wildman–Crippen MR) is 71.3 cm³/mol. The molecule has 0 aliphatic heterocycles. The number of hydrogen-bond donors (Lipinski definition) is 1. The fraction of sp³-hybridized carbons (Fsp3) is 0. The van der Waals surface area contributed by atoms with E-state index in [4.69, 9.17) is 17.3 Å². The standard InChI is InChI=1S/C11H7BrClNOS/c12-8-5-9(16-11(8)13)10(15)6-2-1-3-7(14)4-6/h1-5H,14H2. The summed E-state index contributed by atoms with van der Waals surface area (Å²) in [5.74, 6) is -0.0649. The van der Waals surface area contributed by atoms with Crippen molar-refractivity contribution in [2.45, 2.75) is 0 Å². The highest BCUT2D eigenvalue weighted by Gasteiger charge is 2.14. The van der Waals surface area contributed by atoms with Crippen molar-refractivity contribution in [1.29, 1.82) is 0 Å². The van der Waals surface area contributed by atoms with Crippen molar-refractivity contribution in [3.8, 4) is 0 Å². The van der Waals surface area contributed by atoms with Crippen LogP contribution in [0.25, 0.3) is 0 Å². The number of rotatable bonds is 2. The molecule has 0 saturated heterocycles. The lowest BCUT2D eigenvalue weighted by atomic mass is 10.1. The Hall–Kier alpha value is -0.840. The summed E-state index contributed by atoms with van der Waals surface area (Å²) < 4.78 is 1.32. The van der Waals surface area contributed by atoms with Gasteiger partial charge in [-0.05, 0) is 34.1 Å². The fourth-order valence-electron chi connectivity index (χ4n) is 1.28. The van der Waals surface area contributed by atoms with Gasteiger partial charge in [0.15, 0.2) is 0 Å². The first-order valence-corrected chi connectivity index (χ1v) is 6.42. The van der Waals surface area contributed by atoms with Crippen molar-refractivity contribution in [2.75, 3.05) is 5.73 Å². The van der Waals surface area contributed by atoms with Gasteiger partial charge in [-0.1, -0.05) is 23.7 Å². The zero-order valence-corrected chi connectivity index (χ0v) is 11.2. The molecule has 0 atom stereocenters. The van der Waals surface area contributed by atoms with Crippen molar-refractivity contribution in [1.82, 2.24) is 0 Å². The Labute approximate surface area is 110 Å². The van der Waals surface area contributed by atoms with E-state index < -0.39 is 0 Å². The zero-order valence-electron chi connectivity index (χ0n) is 8.04. The maximum absolute atomic E-state index is 12.0. The first-order chi connectivity index (χ1) is 7.58. The summed E-state index contributed by atoms with van der Waals surface area (Å²) in [4.78, 5) is 12.6. The molecule has 0 saturated carbocycles. The van der Waals surface area contributed by atoms with E-state index >= 15 is 0 Å². The van der Waals surface area contributed by atoms with Crippen LogP contribution in [-0.2, 0) is 0 Å². The molecule has 2 nitrogen and oxygen atoms in total. The number of hydrogen-bond acceptors (Lipinski definition) is 3. The Morgan fingerprint density at radius 3 is 2.69 bits per heavy atom. The highest BCUT2D eigenvalue weighted by atomic mass is 79.9. The second-order valence-electron chi connectivity index (χ2n) is 3.19. The molecule has 0 spiro atoms. The van der Waals surface area contributed by atoms with Crippen LogP contribution < -0.4 is 5.73 Å². The molecule has 2 N–H and O–H groups in total. The summed E-state index contributed by atoms with van der Waals surface area (Å²) in [6, 6.07) is 8.61. The number of nitrogen functional groups attached to an aromatic ring is 1. The molecule has 0 radical (unpaired) electrons. The van der Waals surface area contributed by atoms with Gasteiger partial charge in [0.1, 0.15) is 4.34 Å². The van der Waals surface area contributed by atoms with E-state index in [9.17, 15) is 4.79 Å². The third-order valence-corrected chi connectivity index (χ3v) is 4.49. The lowest BCUT2D eigenvalue weighted by Gasteiger charge is -1.98. The molecule has 2 aromatic rings. The molecule has 0 fully saturated rings. The van der Waals surface area contributed by atoms with Gasteiger partial charge in [-0.25, -0.2) is 0 Å². The normalized spacial score (nSPS) is 10.4. The average Bonchev–Trinajstić information content (AvgIpc) is 2.58. The number of nitrogens with two attached hydrogens (primary N) is 1. The molecule has 16 heavy (non-hydrogen) atoms. The van der Waals surface area contributed by atoms with Gasteiger partial charge in [-0.15, -0.1) is 11.3 Å². The minimum atomic E-state index is -0.0649. The molecular formula is C11H7BrClNOS. The maximum atomic E-state index is 12.0. The topological polar surface area (TPSA) is 43.1 Å². The van der Waals surface area contributed by atoms with Crippen LogP contribution in [0.1, 0.15) is 15.2 Å². The molecule has 5 heteroatoms. The predicted octanol–water partition coefficient (Wildman–Crippen LogP) is 3.98. The van der Waals surface area contributed by atoms with Gasteiger partial charge in [0, 0.05) is 15.7 Å². The molecule has 1 heterocycles. The minimum absolute atomic E-state index is 0.0649. The second kappa shape index (κ2) is 4.57. The lowest BCUT2D eigenvalue weighted by molar-refractivity contribution is 0.104. The van der Waals surface area contributed by atoms with E-state index in [1.165, 1.54) is 11.3 Å². The summed E-state index contributed by atoms with van der Waals surface area (Å²) in [7, 11) is 0. The highest BCUT2D eigenvalue weighted by Crippen LogP contribution is 2.33. The van der Waals surface area contributed by atoms with Crippen LogP contribution in [0.3, 0.4) is 0 Å². The van der Waals surface area contributed by atoms with E-state index in [0.717, 1.165) is 4.47 Å².